The van der Waals surface area contributed by atoms with E-state index >= 15 is 0 Å². The van der Waals surface area contributed by atoms with Gasteiger partial charge < -0.3 is 24.1 Å². The number of carbonyl (C=O) groups is 1. The van der Waals surface area contributed by atoms with Crippen LogP contribution in [0, 0.1) is 0 Å². The predicted molar refractivity (Wildman–Crippen MR) is 132 cm³/mol. The molecule has 0 fully saturated rings. The van der Waals surface area contributed by atoms with E-state index in [1.807, 2.05) is 24.3 Å². The summed E-state index contributed by atoms with van der Waals surface area (Å²) in [5, 5.41) is 10.9. The molecule has 0 saturated carbocycles. The Morgan fingerprint density at radius 3 is 2.34 bits per heavy atom. The molecule has 1 aliphatic heterocycles. The molecule has 3 aromatic carbocycles. The largest absolute Gasteiger partial charge is 0.493 e. The van der Waals surface area contributed by atoms with Gasteiger partial charge in [-0.05, 0) is 59.5 Å². The molecule has 3 aromatic rings. The van der Waals surface area contributed by atoms with Gasteiger partial charge in [0.05, 0.1) is 32.9 Å². The summed E-state index contributed by atoms with van der Waals surface area (Å²) >= 11 is 0. The predicted octanol–water partition coefficient (Wildman–Crippen LogP) is 3.88. The summed E-state index contributed by atoms with van der Waals surface area (Å²) in [7, 11) is 4.63. The lowest BCUT2D eigenvalue weighted by Gasteiger charge is -2.39. The second-order valence-corrected chi connectivity index (χ2v) is 8.44. The van der Waals surface area contributed by atoms with Crippen molar-refractivity contribution in [2.75, 3.05) is 41.0 Å². The van der Waals surface area contributed by atoms with Crippen LogP contribution in [0.15, 0.2) is 66.7 Å². The van der Waals surface area contributed by atoms with Crippen LogP contribution in [-0.2, 0) is 11.2 Å². The molecule has 1 aliphatic rings. The van der Waals surface area contributed by atoms with Crippen molar-refractivity contribution < 1.29 is 28.8 Å². The van der Waals surface area contributed by atoms with Crippen LogP contribution >= 0.6 is 0 Å². The first-order valence-corrected chi connectivity index (χ1v) is 11.6. The highest BCUT2D eigenvalue weighted by atomic mass is 16.5. The van der Waals surface area contributed by atoms with E-state index in [2.05, 4.69) is 23.1 Å². The highest BCUT2D eigenvalue weighted by molar-refractivity contribution is 5.89. The maximum absolute atomic E-state index is 11.6. The molecule has 2 atom stereocenters. The molecule has 7 nitrogen and oxygen atoms in total. The van der Waals surface area contributed by atoms with E-state index in [0.717, 1.165) is 29.8 Å². The summed E-state index contributed by atoms with van der Waals surface area (Å²) in [6.07, 6.45) is 0.130. The van der Waals surface area contributed by atoms with Gasteiger partial charge in [0, 0.05) is 13.1 Å². The topological polar surface area (TPSA) is 77.5 Å². The van der Waals surface area contributed by atoms with Gasteiger partial charge in [-0.1, -0.05) is 30.3 Å². The molecule has 0 radical (unpaired) electrons. The molecule has 0 bridgehead atoms. The number of hydrogen-bond donors (Lipinski definition) is 1. The van der Waals surface area contributed by atoms with Gasteiger partial charge in [-0.2, -0.15) is 0 Å². The smallest absolute Gasteiger partial charge is 0.337 e. The van der Waals surface area contributed by atoms with Crippen molar-refractivity contribution in [3.8, 4) is 17.2 Å². The zero-order valence-corrected chi connectivity index (χ0v) is 20.3. The molecule has 4 rings (SSSR count). The average molecular weight is 478 g/mol. The third kappa shape index (κ3) is 5.58. The molecule has 7 heteroatoms. The van der Waals surface area contributed by atoms with Gasteiger partial charge in [0.1, 0.15) is 18.5 Å². The molecule has 35 heavy (non-hydrogen) atoms. The Morgan fingerprint density at radius 1 is 1.00 bits per heavy atom. The molecule has 0 aromatic heterocycles. The third-order valence-electron chi connectivity index (χ3n) is 6.25. The van der Waals surface area contributed by atoms with Crippen molar-refractivity contribution in [3.63, 3.8) is 0 Å². The van der Waals surface area contributed by atoms with E-state index < -0.39 is 12.1 Å². The second-order valence-electron chi connectivity index (χ2n) is 8.44. The van der Waals surface area contributed by atoms with E-state index in [4.69, 9.17) is 18.9 Å². The van der Waals surface area contributed by atoms with Gasteiger partial charge in [-0.15, -0.1) is 0 Å². The average Bonchev–Trinajstić information content (AvgIpc) is 2.91. The Balaban J connectivity index is 1.51. The Hall–Kier alpha value is -3.55. The quantitative estimate of drug-likeness (QED) is 0.469. The minimum absolute atomic E-state index is 0.0336. The Morgan fingerprint density at radius 2 is 1.69 bits per heavy atom. The van der Waals surface area contributed by atoms with Crippen LogP contribution in [-0.4, -0.2) is 63.1 Å². The summed E-state index contributed by atoms with van der Waals surface area (Å²) < 4.78 is 21.6. The van der Waals surface area contributed by atoms with E-state index in [9.17, 15) is 9.90 Å². The first-order chi connectivity index (χ1) is 17.0. The number of aliphatic hydroxyl groups excluding tert-OH is 1. The molecule has 0 spiro atoms. The molecule has 1 N–H and O–H groups in total. The number of rotatable bonds is 9. The number of nitrogens with zero attached hydrogens (tertiary/aromatic N) is 1. The summed E-state index contributed by atoms with van der Waals surface area (Å²) in [5.74, 6) is 1.59. The number of hydrogen-bond acceptors (Lipinski definition) is 7. The highest BCUT2D eigenvalue weighted by Crippen LogP contribution is 2.41. The van der Waals surface area contributed by atoms with Crippen molar-refractivity contribution in [2.24, 2.45) is 0 Å². The zero-order valence-electron chi connectivity index (χ0n) is 20.3. The van der Waals surface area contributed by atoms with Gasteiger partial charge >= 0.3 is 5.97 Å². The van der Waals surface area contributed by atoms with Gasteiger partial charge in [0.25, 0.3) is 0 Å². The normalized spacial score (nSPS) is 16.2. The number of carbonyl (C=O) groups excluding carboxylic acids is 1. The number of fused-ring (bicyclic) bond motifs is 1. The van der Waals surface area contributed by atoms with Crippen LogP contribution in [0.25, 0.3) is 0 Å². The molecular weight excluding hydrogens is 446 g/mol. The Bertz CT molecular complexity index is 1130. The van der Waals surface area contributed by atoms with E-state index in [1.165, 1.54) is 12.7 Å². The van der Waals surface area contributed by atoms with Crippen molar-refractivity contribution >= 4 is 5.97 Å². The number of esters is 1. The van der Waals surface area contributed by atoms with Gasteiger partial charge in [0.15, 0.2) is 11.5 Å². The molecule has 184 valence electrons. The lowest BCUT2D eigenvalue weighted by Crippen LogP contribution is -2.42. The third-order valence-corrected chi connectivity index (χ3v) is 6.25. The summed E-state index contributed by atoms with van der Waals surface area (Å²) in [5.41, 5.74) is 3.95. The summed E-state index contributed by atoms with van der Waals surface area (Å²) in [6.45, 7) is 1.36. The lowest BCUT2D eigenvalue weighted by molar-refractivity contribution is 0.0551. The van der Waals surface area contributed by atoms with Gasteiger partial charge in [0.2, 0.25) is 0 Å². The van der Waals surface area contributed by atoms with Crippen LogP contribution < -0.4 is 14.2 Å². The van der Waals surface area contributed by atoms with Crippen LogP contribution in [0.5, 0.6) is 17.2 Å². The number of β-amino-alcohol motifs (C(OH)–C–C–N with tert-alkyl or cyclic N) is 1. The minimum Gasteiger partial charge on any atom is -0.493 e. The molecule has 0 amide bonds. The molecule has 0 aliphatic carbocycles. The van der Waals surface area contributed by atoms with Crippen LogP contribution in [0.1, 0.15) is 33.1 Å². The molecule has 1 heterocycles. The van der Waals surface area contributed by atoms with E-state index in [0.29, 0.717) is 23.6 Å². The van der Waals surface area contributed by atoms with Gasteiger partial charge in [-0.25, -0.2) is 4.79 Å². The van der Waals surface area contributed by atoms with Crippen molar-refractivity contribution in [3.05, 3.63) is 89.0 Å². The fourth-order valence-electron chi connectivity index (χ4n) is 4.54. The summed E-state index contributed by atoms with van der Waals surface area (Å²) in [4.78, 5) is 13.9. The van der Waals surface area contributed by atoms with Crippen molar-refractivity contribution in [1.29, 1.82) is 0 Å². The van der Waals surface area contributed by atoms with Crippen LogP contribution in [0.2, 0.25) is 0 Å². The standard InChI is InChI=1S/C28H31NO6/c1-32-25-15-21-13-14-29(27(19-7-5-4-6-8-19)24(21)16-26(25)33-2)17-22(30)18-35-23-11-9-20(10-12-23)28(31)34-3/h4-12,15-16,22,27,30H,13-14,17-18H2,1-3H3/t22-,27-/m1/s1. The lowest BCUT2D eigenvalue weighted by atomic mass is 9.87. The van der Waals surface area contributed by atoms with Gasteiger partial charge in [-0.3, -0.25) is 4.90 Å². The van der Waals surface area contributed by atoms with Crippen molar-refractivity contribution in [1.82, 2.24) is 4.90 Å². The fourth-order valence-corrected chi connectivity index (χ4v) is 4.54. The minimum atomic E-state index is -0.705. The molecule has 0 unspecified atom stereocenters. The van der Waals surface area contributed by atoms with Crippen LogP contribution in [0.4, 0.5) is 0 Å². The highest BCUT2D eigenvalue weighted by Gasteiger charge is 2.31. The number of aliphatic hydroxyl groups is 1. The monoisotopic (exact) mass is 477 g/mol. The molecular formula is C28H31NO6. The number of ether oxygens (including phenoxy) is 4. The maximum atomic E-state index is 11.6. The SMILES string of the molecule is COC(=O)c1ccc(OC[C@H](O)CN2CCc3cc(OC)c(OC)cc3[C@H]2c2ccccc2)cc1. The molecule has 0 saturated heterocycles. The number of benzene rings is 3. The Labute approximate surface area is 205 Å². The van der Waals surface area contributed by atoms with Crippen LogP contribution in [0.3, 0.4) is 0 Å². The fraction of sp³-hybridized carbons (Fsp3) is 0.321. The Kier molecular flexibility index (Phi) is 7.90. The van der Waals surface area contributed by atoms with E-state index in [1.54, 1.807) is 38.5 Å². The van der Waals surface area contributed by atoms with E-state index in [-0.39, 0.29) is 12.6 Å². The first-order valence-electron chi connectivity index (χ1n) is 11.6. The number of methoxy groups -OCH3 is 3. The van der Waals surface area contributed by atoms with Crippen molar-refractivity contribution in [2.45, 2.75) is 18.6 Å². The zero-order chi connectivity index (χ0) is 24.8. The maximum Gasteiger partial charge on any atom is 0.337 e. The summed E-state index contributed by atoms with van der Waals surface area (Å²) in [6, 6.07) is 21.0. The second kappa shape index (κ2) is 11.3. The first kappa shape index (κ1) is 24.6.